The summed E-state index contributed by atoms with van der Waals surface area (Å²) >= 11 is 1.76. The molecule has 21 heavy (non-hydrogen) atoms. The first-order valence-corrected chi connectivity index (χ1v) is 7.63. The summed E-state index contributed by atoms with van der Waals surface area (Å²) in [5.74, 6) is -0.166. The first kappa shape index (κ1) is 15.5. The monoisotopic (exact) mass is 308 g/mol. The molecule has 7 heteroatoms. The lowest BCUT2D eigenvalue weighted by Gasteiger charge is -2.11. The van der Waals surface area contributed by atoms with Gasteiger partial charge in [0.05, 0.1) is 24.5 Å². The van der Waals surface area contributed by atoms with Gasteiger partial charge in [-0.05, 0) is 26.0 Å². The average Bonchev–Trinajstić information content (AvgIpc) is 3.06. The molecule has 1 unspecified atom stereocenters. The summed E-state index contributed by atoms with van der Waals surface area (Å²) in [6, 6.07) is 4.42. The Morgan fingerprint density at radius 3 is 3.00 bits per heavy atom. The van der Waals surface area contributed by atoms with E-state index in [0.29, 0.717) is 0 Å². The van der Waals surface area contributed by atoms with Gasteiger partial charge >= 0.3 is 0 Å². The van der Waals surface area contributed by atoms with E-state index in [1.165, 1.54) is 9.75 Å². The zero-order chi connectivity index (χ0) is 15.2. The lowest BCUT2D eigenvalue weighted by atomic mass is 10.2. The van der Waals surface area contributed by atoms with E-state index in [2.05, 4.69) is 41.7 Å². The van der Waals surface area contributed by atoms with Crippen LogP contribution in [0.3, 0.4) is 0 Å². The van der Waals surface area contributed by atoms with Crippen molar-refractivity contribution in [1.82, 2.24) is 15.1 Å². The number of anilines is 1. The van der Waals surface area contributed by atoms with Crippen molar-refractivity contribution in [2.75, 3.05) is 18.5 Å². The van der Waals surface area contributed by atoms with E-state index >= 15 is 0 Å². The van der Waals surface area contributed by atoms with Gasteiger partial charge < -0.3 is 15.7 Å². The van der Waals surface area contributed by atoms with E-state index < -0.39 is 0 Å². The van der Waals surface area contributed by atoms with E-state index in [1.807, 2.05) is 0 Å². The normalized spacial score (nSPS) is 12.1. The van der Waals surface area contributed by atoms with Gasteiger partial charge in [0.1, 0.15) is 6.54 Å². The standard InChI is InChI=1S/C14H20N4O2S/c1-10-3-4-13(21-10)11(2)17-12-7-16-18(8-12)9-14(20)15-5-6-19/h3-4,7-8,11,17,19H,5-6,9H2,1-2H3,(H,15,20). The Morgan fingerprint density at radius 2 is 2.33 bits per heavy atom. The Balaban J connectivity index is 1.89. The number of amides is 1. The minimum absolute atomic E-state index is 0.0601. The second kappa shape index (κ2) is 7.24. The van der Waals surface area contributed by atoms with Crippen LogP contribution in [0.15, 0.2) is 24.5 Å². The molecule has 0 saturated carbocycles. The number of carbonyl (C=O) groups is 1. The molecule has 0 fully saturated rings. The average molecular weight is 308 g/mol. The summed E-state index contributed by atoms with van der Waals surface area (Å²) in [4.78, 5) is 14.1. The van der Waals surface area contributed by atoms with Crippen molar-refractivity contribution in [2.24, 2.45) is 0 Å². The summed E-state index contributed by atoms with van der Waals surface area (Å²) in [6.45, 7) is 4.53. The summed E-state index contributed by atoms with van der Waals surface area (Å²) in [5, 5.41) is 18.8. The molecule has 0 spiro atoms. The molecule has 0 radical (unpaired) electrons. The zero-order valence-corrected chi connectivity index (χ0v) is 13.0. The third kappa shape index (κ3) is 4.57. The summed E-state index contributed by atoms with van der Waals surface area (Å²) in [6.07, 6.45) is 3.51. The van der Waals surface area contributed by atoms with Crippen molar-refractivity contribution in [3.8, 4) is 0 Å². The topological polar surface area (TPSA) is 79.2 Å². The molecule has 1 atom stereocenters. The lowest BCUT2D eigenvalue weighted by Crippen LogP contribution is -2.30. The molecule has 2 aromatic heterocycles. The third-order valence-corrected chi connectivity index (χ3v) is 4.13. The number of aliphatic hydroxyl groups is 1. The Morgan fingerprint density at radius 1 is 1.52 bits per heavy atom. The van der Waals surface area contributed by atoms with Crippen LogP contribution in [-0.2, 0) is 11.3 Å². The number of aliphatic hydroxyl groups excluding tert-OH is 1. The van der Waals surface area contributed by atoms with Crippen LogP contribution in [0.1, 0.15) is 22.7 Å². The number of nitrogens with zero attached hydrogens (tertiary/aromatic N) is 2. The number of hydrogen-bond acceptors (Lipinski definition) is 5. The fourth-order valence-corrected chi connectivity index (χ4v) is 2.81. The van der Waals surface area contributed by atoms with Crippen molar-refractivity contribution < 1.29 is 9.90 Å². The maximum absolute atomic E-state index is 11.5. The smallest absolute Gasteiger partial charge is 0.241 e. The lowest BCUT2D eigenvalue weighted by molar-refractivity contribution is -0.122. The van der Waals surface area contributed by atoms with Gasteiger partial charge in [-0.15, -0.1) is 11.3 Å². The maximum atomic E-state index is 11.5. The van der Waals surface area contributed by atoms with E-state index in [4.69, 9.17) is 5.11 Å². The third-order valence-electron chi connectivity index (χ3n) is 2.94. The fourth-order valence-electron chi connectivity index (χ4n) is 1.93. The highest BCUT2D eigenvalue weighted by atomic mass is 32.1. The molecular formula is C14H20N4O2S. The highest BCUT2D eigenvalue weighted by Gasteiger charge is 2.09. The molecule has 1 amide bonds. The molecule has 0 bridgehead atoms. The molecule has 2 rings (SSSR count). The fraction of sp³-hybridized carbons (Fsp3) is 0.429. The Kier molecular flexibility index (Phi) is 5.35. The molecular weight excluding hydrogens is 288 g/mol. The molecule has 3 N–H and O–H groups in total. The van der Waals surface area contributed by atoms with Crippen LogP contribution in [-0.4, -0.2) is 33.9 Å². The molecule has 6 nitrogen and oxygen atoms in total. The van der Waals surface area contributed by atoms with Crippen molar-refractivity contribution in [3.05, 3.63) is 34.3 Å². The minimum atomic E-state index is -0.166. The van der Waals surface area contributed by atoms with Crippen LogP contribution in [0.2, 0.25) is 0 Å². The van der Waals surface area contributed by atoms with Gasteiger partial charge in [-0.3, -0.25) is 9.48 Å². The van der Waals surface area contributed by atoms with Crippen molar-refractivity contribution in [1.29, 1.82) is 0 Å². The molecule has 0 aliphatic rings. The van der Waals surface area contributed by atoms with Gasteiger partial charge in [-0.1, -0.05) is 0 Å². The Labute approximate surface area is 127 Å². The van der Waals surface area contributed by atoms with Gasteiger partial charge in [-0.2, -0.15) is 5.10 Å². The number of nitrogens with one attached hydrogen (secondary N) is 2. The molecule has 0 aliphatic carbocycles. The van der Waals surface area contributed by atoms with Gasteiger partial charge in [0.15, 0.2) is 0 Å². The van der Waals surface area contributed by atoms with Gasteiger partial charge in [-0.25, -0.2) is 0 Å². The minimum Gasteiger partial charge on any atom is -0.395 e. The summed E-state index contributed by atoms with van der Waals surface area (Å²) in [5.41, 5.74) is 0.878. The number of rotatable bonds is 7. The van der Waals surface area contributed by atoms with Gasteiger partial charge in [0.2, 0.25) is 5.91 Å². The van der Waals surface area contributed by atoms with Gasteiger partial charge in [0, 0.05) is 22.5 Å². The molecule has 114 valence electrons. The van der Waals surface area contributed by atoms with Crippen LogP contribution in [0.5, 0.6) is 0 Å². The van der Waals surface area contributed by atoms with Crippen molar-refractivity contribution >= 4 is 22.9 Å². The van der Waals surface area contributed by atoms with Crippen molar-refractivity contribution in [2.45, 2.75) is 26.4 Å². The second-order valence-electron chi connectivity index (χ2n) is 4.81. The predicted molar refractivity (Wildman–Crippen MR) is 83.4 cm³/mol. The van der Waals surface area contributed by atoms with E-state index in [0.717, 1.165) is 5.69 Å². The maximum Gasteiger partial charge on any atom is 0.241 e. The van der Waals surface area contributed by atoms with Gasteiger partial charge in [0.25, 0.3) is 0 Å². The van der Waals surface area contributed by atoms with E-state index in [-0.39, 0.29) is 31.6 Å². The largest absolute Gasteiger partial charge is 0.395 e. The van der Waals surface area contributed by atoms with Crippen LogP contribution in [0.25, 0.3) is 0 Å². The first-order chi connectivity index (χ1) is 10.1. The number of aromatic nitrogens is 2. The van der Waals surface area contributed by atoms with Crippen LogP contribution >= 0.6 is 11.3 Å². The predicted octanol–water partition coefficient (Wildman–Crippen LogP) is 1.53. The highest BCUT2D eigenvalue weighted by molar-refractivity contribution is 7.12. The van der Waals surface area contributed by atoms with Crippen LogP contribution in [0.4, 0.5) is 5.69 Å². The quantitative estimate of drug-likeness (QED) is 0.725. The Bertz CT molecular complexity index is 593. The molecule has 2 aromatic rings. The number of hydrogen-bond donors (Lipinski definition) is 3. The van der Waals surface area contributed by atoms with Crippen LogP contribution < -0.4 is 10.6 Å². The molecule has 0 aliphatic heterocycles. The van der Waals surface area contributed by atoms with E-state index in [9.17, 15) is 4.79 Å². The second-order valence-corrected chi connectivity index (χ2v) is 6.13. The highest BCUT2D eigenvalue weighted by Crippen LogP contribution is 2.25. The Hall–Kier alpha value is -1.86. The zero-order valence-electron chi connectivity index (χ0n) is 12.2. The van der Waals surface area contributed by atoms with E-state index in [1.54, 1.807) is 28.4 Å². The van der Waals surface area contributed by atoms with Crippen molar-refractivity contribution in [3.63, 3.8) is 0 Å². The number of thiophene rings is 1. The summed E-state index contributed by atoms with van der Waals surface area (Å²) < 4.78 is 1.57. The number of aryl methyl sites for hydroxylation is 1. The van der Waals surface area contributed by atoms with Crippen LogP contribution in [0, 0.1) is 6.92 Å². The SMILES string of the molecule is Cc1ccc(C(C)Nc2cnn(CC(=O)NCCO)c2)s1. The molecule has 2 heterocycles. The molecule has 0 saturated heterocycles. The molecule has 0 aromatic carbocycles. The number of carbonyl (C=O) groups excluding carboxylic acids is 1. The summed E-state index contributed by atoms with van der Waals surface area (Å²) in [7, 11) is 0. The first-order valence-electron chi connectivity index (χ1n) is 6.81.